The van der Waals surface area contributed by atoms with Gasteiger partial charge in [0.15, 0.2) is 5.78 Å². The molecular weight excluding hydrogens is 274 g/mol. The zero-order valence-electron chi connectivity index (χ0n) is 12.5. The predicted octanol–water partition coefficient (Wildman–Crippen LogP) is 1.42. The van der Waals surface area contributed by atoms with Crippen molar-refractivity contribution in [3.63, 3.8) is 0 Å². The Kier molecular flexibility index (Phi) is 5.07. The summed E-state index contributed by atoms with van der Waals surface area (Å²) in [4.78, 5) is 34.3. The number of amides is 1. The lowest BCUT2D eigenvalue weighted by Crippen LogP contribution is -2.50. The van der Waals surface area contributed by atoms with E-state index in [0.717, 1.165) is 0 Å². The van der Waals surface area contributed by atoms with Crippen LogP contribution >= 0.6 is 0 Å². The fourth-order valence-electron chi connectivity index (χ4n) is 1.75. The van der Waals surface area contributed by atoms with Crippen LogP contribution in [0.25, 0.3) is 0 Å². The van der Waals surface area contributed by atoms with Gasteiger partial charge in [0.1, 0.15) is 11.3 Å². The van der Waals surface area contributed by atoms with Crippen LogP contribution in [0.3, 0.4) is 0 Å². The van der Waals surface area contributed by atoms with Gasteiger partial charge in [-0.1, -0.05) is 0 Å². The Labute approximate surface area is 123 Å². The smallest absolute Gasteiger partial charge is 0.328 e. The molecule has 0 aliphatic heterocycles. The van der Waals surface area contributed by atoms with Gasteiger partial charge < -0.3 is 15.2 Å². The number of benzene rings is 1. The highest BCUT2D eigenvalue weighted by Gasteiger charge is 2.29. The van der Waals surface area contributed by atoms with Crippen LogP contribution in [0.1, 0.15) is 36.7 Å². The molecule has 6 heteroatoms. The lowest BCUT2D eigenvalue weighted by Gasteiger charge is -2.21. The second-order valence-corrected chi connectivity index (χ2v) is 5.24. The molecule has 0 radical (unpaired) electrons. The third kappa shape index (κ3) is 4.30. The van der Waals surface area contributed by atoms with Crippen molar-refractivity contribution in [1.82, 2.24) is 5.32 Å². The van der Waals surface area contributed by atoms with Gasteiger partial charge in [0.2, 0.25) is 5.91 Å². The molecule has 2 N–H and O–H groups in total. The highest BCUT2D eigenvalue weighted by Crippen LogP contribution is 2.21. The van der Waals surface area contributed by atoms with Gasteiger partial charge in [0, 0.05) is 11.1 Å². The molecule has 0 saturated carbocycles. The van der Waals surface area contributed by atoms with Crippen LogP contribution in [0.4, 0.5) is 0 Å². The number of Topliss-reactive ketones (excluding diaryl/α,β-unsaturated/α-hetero) is 1. The van der Waals surface area contributed by atoms with Crippen molar-refractivity contribution in [2.45, 2.75) is 32.7 Å². The van der Waals surface area contributed by atoms with E-state index >= 15 is 0 Å². The number of nitrogens with one attached hydrogen (secondary N) is 1. The summed E-state index contributed by atoms with van der Waals surface area (Å²) in [5.41, 5.74) is -0.359. The number of hydrogen-bond acceptors (Lipinski definition) is 4. The number of aliphatic carboxylic acids is 1. The maximum atomic E-state index is 12.0. The van der Waals surface area contributed by atoms with Crippen molar-refractivity contribution in [3.05, 3.63) is 29.3 Å². The molecule has 1 amide bonds. The molecule has 0 atom stereocenters. The molecule has 0 aliphatic rings. The molecule has 0 bridgehead atoms. The molecule has 0 fully saturated rings. The Morgan fingerprint density at radius 3 is 2.38 bits per heavy atom. The summed E-state index contributed by atoms with van der Waals surface area (Å²) >= 11 is 0. The van der Waals surface area contributed by atoms with E-state index in [-0.39, 0.29) is 12.2 Å². The molecule has 1 rings (SSSR count). The summed E-state index contributed by atoms with van der Waals surface area (Å²) in [6.45, 7) is 4.23. The van der Waals surface area contributed by atoms with Crippen LogP contribution in [0, 0.1) is 0 Å². The van der Waals surface area contributed by atoms with E-state index in [2.05, 4.69) is 5.32 Å². The Morgan fingerprint density at radius 1 is 1.29 bits per heavy atom. The second-order valence-electron chi connectivity index (χ2n) is 5.24. The first kappa shape index (κ1) is 16.7. The number of hydrogen-bond donors (Lipinski definition) is 2. The number of ketones is 1. The first-order chi connectivity index (χ1) is 9.67. The zero-order valence-corrected chi connectivity index (χ0v) is 12.5. The van der Waals surface area contributed by atoms with E-state index in [4.69, 9.17) is 9.84 Å². The number of methoxy groups -OCH3 is 1. The maximum absolute atomic E-state index is 12.0. The van der Waals surface area contributed by atoms with E-state index < -0.39 is 17.4 Å². The van der Waals surface area contributed by atoms with Crippen molar-refractivity contribution in [3.8, 4) is 5.75 Å². The highest BCUT2D eigenvalue weighted by molar-refractivity contribution is 5.95. The van der Waals surface area contributed by atoms with Gasteiger partial charge in [-0.05, 0) is 39.0 Å². The number of carboxylic acid groups (broad SMARTS) is 1. The minimum Gasteiger partial charge on any atom is -0.496 e. The average molecular weight is 293 g/mol. The first-order valence-corrected chi connectivity index (χ1v) is 6.39. The number of carbonyl (C=O) groups is 3. The molecule has 0 aliphatic carbocycles. The normalized spacial score (nSPS) is 10.9. The van der Waals surface area contributed by atoms with Crippen molar-refractivity contribution in [2.75, 3.05) is 7.11 Å². The average Bonchev–Trinajstić information content (AvgIpc) is 2.37. The van der Waals surface area contributed by atoms with Crippen LogP contribution in [-0.2, 0) is 16.0 Å². The molecule has 0 unspecified atom stereocenters. The van der Waals surface area contributed by atoms with E-state index in [1.165, 1.54) is 27.9 Å². The van der Waals surface area contributed by atoms with Crippen LogP contribution in [0.2, 0.25) is 0 Å². The van der Waals surface area contributed by atoms with Gasteiger partial charge in [0.25, 0.3) is 0 Å². The van der Waals surface area contributed by atoms with Gasteiger partial charge in [-0.2, -0.15) is 0 Å². The second kappa shape index (κ2) is 6.39. The fourth-order valence-corrected chi connectivity index (χ4v) is 1.75. The summed E-state index contributed by atoms with van der Waals surface area (Å²) in [5, 5.41) is 11.4. The minimum absolute atomic E-state index is 0.0684. The largest absolute Gasteiger partial charge is 0.496 e. The third-order valence-electron chi connectivity index (χ3n) is 3.02. The molecular formula is C15H19NO5. The highest BCUT2D eigenvalue weighted by atomic mass is 16.5. The van der Waals surface area contributed by atoms with E-state index in [1.807, 2.05) is 0 Å². The Hall–Kier alpha value is -2.37. The predicted molar refractivity (Wildman–Crippen MR) is 76.6 cm³/mol. The van der Waals surface area contributed by atoms with Crippen molar-refractivity contribution in [1.29, 1.82) is 0 Å². The summed E-state index contributed by atoms with van der Waals surface area (Å²) in [6, 6.07) is 4.81. The standard InChI is InChI=1S/C15H19NO5/c1-9(17)10-5-6-12(21-4)11(7-10)8-13(18)16-15(2,3)14(19)20/h5-7H,8H2,1-4H3,(H,16,18)(H,19,20). The molecule has 0 spiro atoms. The molecule has 21 heavy (non-hydrogen) atoms. The Morgan fingerprint density at radius 2 is 1.90 bits per heavy atom. The van der Waals surface area contributed by atoms with Crippen molar-refractivity contribution < 1.29 is 24.2 Å². The van der Waals surface area contributed by atoms with E-state index in [0.29, 0.717) is 16.9 Å². The Balaban J connectivity index is 2.96. The van der Waals surface area contributed by atoms with Crippen LogP contribution in [0.5, 0.6) is 5.75 Å². The van der Waals surface area contributed by atoms with E-state index in [9.17, 15) is 14.4 Å². The van der Waals surface area contributed by atoms with Crippen molar-refractivity contribution >= 4 is 17.7 Å². The van der Waals surface area contributed by atoms with Gasteiger partial charge in [-0.15, -0.1) is 0 Å². The quantitative estimate of drug-likeness (QED) is 0.774. The first-order valence-electron chi connectivity index (χ1n) is 6.39. The number of carboxylic acids is 1. The topological polar surface area (TPSA) is 92.7 Å². The summed E-state index contributed by atoms with van der Waals surface area (Å²) in [7, 11) is 1.46. The lowest BCUT2D eigenvalue weighted by molar-refractivity contribution is -0.145. The third-order valence-corrected chi connectivity index (χ3v) is 3.02. The lowest BCUT2D eigenvalue weighted by atomic mass is 10.0. The monoisotopic (exact) mass is 293 g/mol. The van der Waals surface area contributed by atoms with Crippen LogP contribution in [0.15, 0.2) is 18.2 Å². The van der Waals surface area contributed by atoms with Gasteiger partial charge in [-0.25, -0.2) is 4.79 Å². The molecule has 1 aromatic carbocycles. The van der Waals surface area contributed by atoms with Crippen molar-refractivity contribution in [2.24, 2.45) is 0 Å². The Bertz CT molecular complexity index is 577. The maximum Gasteiger partial charge on any atom is 0.328 e. The number of carbonyl (C=O) groups excluding carboxylic acids is 2. The van der Waals surface area contributed by atoms with Gasteiger partial charge in [0.05, 0.1) is 13.5 Å². The molecule has 0 saturated heterocycles. The molecule has 114 valence electrons. The van der Waals surface area contributed by atoms with Crippen LogP contribution in [-0.4, -0.2) is 35.4 Å². The number of rotatable bonds is 6. The van der Waals surface area contributed by atoms with Gasteiger partial charge in [-0.3, -0.25) is 9.59 Å². The zero-order chi connectivity index (χ0) is 16.2. The fraction of sp³-hybridized carbons (Fsp3) is 0.400. The molecule has 1 aromatic rings. The minimum atomic E-state index is -1.36. The SMILES string of the molecule is COc1ccc(C(C)=O)cc1CC(=O)NC(C)(C)C(=O)O. The van der Waals surface area contributed by atoms with E-state index in [1.54, 1.807) is 18.2 Å². The molecule has 6 nitrogen and oxygen atoms in total. The summed E-state index contributed by atoms with van der Waals surface area (Å²) < 4.78 is 5.15. The summed E-state index contributed by atoms with van der Waals surface area (Å²) in [6.07, 6.45) is -0.0684. The molecule has 0 heterocycles. The summed E-state index contributed by atoms with van der Waals surface area (Å²) in [5.74, 6) is -1.23. The number of ether oxygens (including phenoxy) is 1. The molecule has 0 aromatic heterocycles. The van der Waals surface area contributed by atoms with Crippen LogP contribution < -0.4 is 10.1 Å². The van der Waals surface area contributed by atoms with Gasteiger partial charge >= 0.3 is 5.97 Å².